The van der Waals surface area contributed by atoms with Gasteiger partial charge in [-0.2, -0.15) is 0 Å². The summed E-state index contributed by atoms with van der Waals surface area (Å²) in [5.41, 5.74) is 5.42. The van der Waals surface area contributed by atoms with Gasteiger partial charge in [0.25, 0.3) is 0 Å². The maximum absolute atomic E-state index is 3.53. The predicted octanol–water partition coefficient (Wildman–Crippen LogP) is 3.82. The lowest BCUT2D eigenvalue weighted by Gasteiger charge is -2.24. The molecule has 1 nitrogen and oxygen atoms in total. The molecular weight excluding hydrogens is 170 g/mol. The Kier molecular flexibility index (Phi) is 2.89. The summed E-state index contributed by atoms with van der Waals surface area (Å²) >= 11 is 0. The molecule has 0 fully saturated rings. The predicted molar refractivity (Wildman–Crippen MR) is 64.0 cm³/mol. The minimum absolute atomic E-state index is 0.130. The Bertz CT molecular complexity index is 332. The molecule has 1 heteroatoms. The molecule has 0 aliphatic heterocycles. The van der Waals surface area contributed by atoms with Gasteiger partial charge in [0.1, 0.15) is 0 Å². The number of benzene rings is 1. The van der Waals surface area contributed by atoms with Crippen molar-refractivity contribution in [2.24, 2.45) is 0 Å². The van der Waals surface area contributed by atoms with Gasteiger partial charge in [-0.05, 0) is 64.3 Å². The quantitative estimate of drug-likeness (QED) is 0.711. The van der Waals surface area contributed by atoms with Crippen molar-refractivity contribution in [2.75, 3.05) is 5.32 Å². The number of anilines is 1. The Morgan fingerprint density at radius 1 is 1.00 bits per heavy atom. The third-order valence-corrected chi connectivity index (χ3v) is 2.32. The molecule has 0 bridgehead atoms. The summed E-state index contributed by atoms with van der Waals surface area (Å²) in [5.74, 6) is 0. The molecule has 1 rings (SSSR count). The van der Waals surface area contributed by atoms with Crippen LogP contribution >= 0.6 is 0 Å². The zero-order valence-electron chi connectivity index (χ0n) is 10.2. The average molecular weight is 191 g/mol. The number of rotatable bonds is 1. The van der Waals surface area contributed by atoms with E-state index in [0.29, 0.717) is 0 Å². The molecule has 0 saturated heterocycles. The van der Waals surface area contributed by atoms with Crippen LogP contribution in [0.1, 0.15) is 37.5 Å². The Labute approximate surface area is 87.5 Å². The molecule has 78 valence electrons. The van der Waals surface area contributed by atoms with Crippen molar-refractivity contribution in [3.8, 4) is 0 Å². The Hall–Kier alpha value is -0.980. The first-order valence-electron chi connectivity index (χ1n) is 5.15. The van der Waals surface area contributed by atoms with E-state index in [-0.39, 0.29) is 5.54 Å². The number of aryl methyl sites for hydroxylation is 2. The van der Waals surface area contributed by atoms with Gasteiger partial charge in [-0.1, -0.05) is 6.07 Å². The van der Waals surface area contributed by atoms with Crippen LogP contribution in [0.25, 0.3) is 0 Å². The van der Waals surface area contributed by atoms with Crippen molar-refractivity contribution in [3.63, 3.8) is 0 Å². The third-order valence-electron chi connectivity index (χ3n) is 2.32. The van der Waals surface area contributed by atoms with E-state index < -0.39 is 0 Å². The first-order chi connectivity index (χ1) is 6.29. The highest BCUT2D eigenvalue weighted by Crippen LogP contribution is 2.23. The fourth-order valence-corrected chi connectivity index (χ4v) is 1.57. The Balaban J connectivity index is 3.09. The van der Waals surface area contributed by atoms with E-state index >= 15 is 0 Å². The van der Waals surface area contributed by atoms with E-state index in [0.717, 1.165) is 0 Å². The first-order valence-corrected chi connectivity index (χ1v) is 5.15. The molecule has 0 aliphatic rings. The van der Waals surface area contributed by atoms with Gasteiger partial charge in [0, 0.05) is 11.2 Å². The lowest BCUT2D eigenvalue weighted by molar-refractivity contribution is 0.633. The van der Waals surface area contributed by atoms with Crippen molar-refractivity contribution in [2.45, 2.75) is 47.1 Å². The summed E-state index contributed by atoms with van der Waals surface area (Å²) < 4.78 is 0. The normalized spacial score (nSPS) is 11.6. The van der Waals surface area contributed by atoms with Gasteiger partial charge < -0.3 is 5.32 Å². The van der Waals surface area contributed by atoms with Gasteiger partial charge >= 0.3 is 0 Å². The Morgan fingerprint density at radius 2 is 1.57 bits per heavy atom. The van der Waals surface area contributed by atoms with Crippen LogP contribution in [0.4, 0.5) is 5.69 Å². The smallest absolute Gasteiger partial charge is 0.0379 e. The van der Waals surface area contributed by atoms with Crippen LogP contribution < -0.4 is 5.32 Å². The summed E-state index contributed by atoms with van der Waals surface area (Å²) in [6.07, 6.45) is 0. The van der Waals surface area contributed by atoms with Gasteiger partial charge in [-0.25, -0.2) is 0 Å². The number of nitrogens with one attached hydrogen (secondary N) is 1. The van der Waals surface area contributed by atoms with Crippen molar-refractivity contribution in [3.05, 3.63) is 28.8 Å². The maximum Gasteiger partial charge on any atom is 0.0379 e. The highest BCUT2D eigenvalue weighted by Gasteiger charge is 2.11. The molecule has 0 heterocycles. The number of hydrogen-bond acceptors (Lipinski definition) is 1. The molecular formula is C13H21N. The second-order valence-corrected chi connectivity index (χ2v) is 5.13. The minimum Gasteiger partial charge on any atom is -0.380 e. The van der Waals surface area contributed by atoms with Crippen molar-refractivity contribution < 1.29 is 0 Å². The van der Waals surface area contributed by atoms with Crippen LogP contribution in [-0.2, 0) is 0 Å². The second-order valence-electron chi connectivity index (χ2n) is 5.13. The third kappa shape index (κ3) is 2.76. The van der Waals surface area contributed by atoms with Crippen molar-refractivity contribution >= 4 is 5.69 Å². The second kappa shape index (κ2) is 3.64. The van der Waals surface area contributed by atoms with Crippen LogP contribution in [0.3, 0.4) is 0 Å². The first kappa shape index (κ1) is 11.1. The lowest BCUT2D eigenvalue weighted by atomic mass is 10.0. The lowest BCUT2D eigenvalue weighted by Crippen LogP contribution is -2.26. The summed E-state index contributed by atoms with van der Waals surface area (Å²) in [6.45, 7) is 13.0. The number of hydrogen-bond donors (Lipinski definition) is 1. The Morgan fingerprint density at radius 3 is 2.07 bits per heavy atom. The van der Waals surface area contributed by atoms with E-state index in [1.807, 2.05) is 0 Å². The molecule has 0 spiro atoms. The fraction of sp³-hybridized carbons (Fsp3) is 0.538. The highest BCUT2D eigenvalue weighted by molar-refractivity contribution is 5.57. The topological polar surface area (TPSA) is 12.0 Å². The van der Waals surface area contributed by atoms with E-state index in [1.165, 1.54) is 22.4 Å². The van der Waals surface area contributed by atoms with Gasteiger partial charge in [0.2, 0.25) is 0 Å². The minimum atomic E-state index is 0.130. The molecule has 1 aromatic rings. The van der Waals surface area contributed by atoms with E-state index in [9.17, 15) is 0 Å². The summed E-state index contributed by atoms with van der Waals surface area (Å²) in [6, 6.07) is 4.44. The van der Waals surface area contributed by atoms with E-state index in [4.69, 9.17) is 0 Å². The summed E-state index contributed by atoms with van der Waals surface area (Å²) in [5, 5.41) is 3.53. The average Bonchev–Trinajstić information content (AvgIpc) is 1.96. The van der Waals surface area contributed by atoms with Gasteiger partial charge in [-0.15, -0.1) is 0 Å². The van der Waals surface area contributed by atoms with Crippen LogP contribution in [0.5, 0.6) is 0 Å². The SMILES string of the molecule is Cc1cc(C)c(C)c(NC(C)(C)C)c1. The van der Waals surface area contributed by atoms with Crippen LogP contribution in [0.15, 0.2) is 12.1 Å². The van der Waals surface area contributed by atoms with E-state index in [1.54, 1.807) is 0 Å². The zero-order valence-corrected chi connectivity index (χ0v) is 10.2. The zero-order chi connectivity index (χ0) is 10.9. The van der Waals surface area contributed by atoms with Gasteiger partial charge in [0.15, 0.2) is 0 Å². The highest BCUT2D eigenvalue weighted by atomic mass is 15.0. The fourth-order valence-electron chi connectivity index (χ4n) is 1.57. The molecule has 0 aromatic heterocycles. The van der Waals surface area contributed by atoms with Crippen molar-refractivity contribution in [1.29, 1.82) is 0 Å². The molecule has 1 N–H and O–H groups in total. The molecule has 0 radical (unpaired) electrons. The molecule has 0 atom stereocenters. The van der Waals surface area contributed by atoms with Crippen molar-refractivity contribution in [1.82, 2.24) is 0 Å². The molecule has 0 amide bonds. The molecule has 1 aromatic carbocycles. The monoisotopic (exact) mass is 191 g/mol. The molecule has 0 aliphatic carbocycles. The molecule has 0 unspecified atom stereocenters. The molecule has 0 saturated carbocycles. The summed E-state index contributed by atoms with van der Waals surface area (Å²) in [4.78, 5) is 0. The largest absolute Gasteiger partial charge is 0.380 e. The van der Waals surface area contributed by atoms with Crippen LogP contribution in [0, 0.1) is 20.8 Å². The summed E-state index contributed by atoms with van der Waals surface area (Å²) in [7, 11) is 0. The maximum atomic E-state index is 3.53. The van der Waals surface area contributed by atoms with Gasteiger partial charge in [0.05, 0.1) is 0 Å². The van der Waals surface area contributed by atoms with Gasteiger partial charge in [-0.3, -0.25) is 0 Å². The standard InChI is InChI=1S/C13H21N/c1-9-7-10(2)11(3)12(8-9)14-13(4,5)6/h7-8,14H,1-6H3. The van der Waals surface area contributed by atoms with Crippen LogP contribution in [0.2, 0.25) is 0 Å². The van der Waals surface area contributed by atoms with Crippen LogP contribution in [-0.4, -0.2) is 5.54 Å². The molecule has 14 heavy (non-hydrogen) atoms. The van der Waals surface area contributed by atoms with E-state index in [2.05, 4.69) is 59.0 Å².